The van der Waals surface area contributed by atoms with Crippen LogP contribution in [0.2, 0.25) is 0 Å². The number of aliphatic carboxylic acids is 2. The van der Waals surface area contributed by atoms with Crippen LogP contribution in [0.3, 0.4) is 0 Å². The van der Waals surface area contributed by atoms with Gasteiger partial charge >= 0.3 is 11.9 Å². The third-order valence-corrected chi connectivity index (χ3v) is 2.20. The molecule has 0 saturated heterocycles. The summed E-state index contributed by atoms with van der Waals surface area (Å²) >= 11 is 0.893. The van der Waals surface area contributed by atoms with Crippen LogP contribution in [-0.2, 0) is 9.59 Å². The minimum absolute atomic E-state index is 0.167. The summed E-state index contributed by atoms with van der Waals surface area (Å²) in [5, 5.41) is 26.5. The lowest BCUT2D eigenvalue weighted by atomic mass is 10.3. The molecule has 7 heteroatoms. The molecule has 0 aromatic carbocycles. The van der Waals surface area contributed by atoms with Gasteiger partial charge in [0.2, 0.25) is 0 Å². The molecule has 0 radical (unpaired) electrons. The van der Waals surface area contributed by atoms with E-state index in [1.54, 1.807) is 0 Å². The lowest BCUT2D eigenvalue weighted by Crippen LogP contribution is -2.20. The molecule has 0 rings (SSSR count). The third-order valence-electron chi connectivity index (χ3n) is 1.09. The molecule has 0 aromatic rings. The van der Waals surface area contributed by atoms with E-state index in [2.05, 4.69) is 5.16 Å². The summed E-state index contributed by atoms with van der Waals surface area (Å²) in [7, 11) is 0. The Morgan fingerprint density at radius 2 is 2.08 bits per heavy atom. The van der Waals surface area contributed by atoms with Crippen molar-refractivity contribution in [3.63, 3.8) is 0 Å². The molecule has 0 fully saturated rings. The van der Waals surface area contributed by atoms with Crippen LogP contribution < -0.4 is 0 Å². The lowest BCUT2D eigenvalue weighted by Gasteiger charge is -2.06. The molecule has 0 aromatic heterocycles. The van der Waals surface area contributed by atoms with E-state index in [1.165, 1.54) is 0 Å². The number of thioether (sulfide) groups is 1. The van der Waals surface area contributed by atoms with Crippen molar-refractivity contribution in [2.45, 2.75) is 11.7 Å². The first-order chi connectivity index (χ1) is 6.07. The van der Waals surface area contributed by atoms with Crippen LogP contribution in [0.15, 0.2) is 5.16 Å². The molecule has 3 N–H and O–H groups in total. The average molecular weight is 207 g/mol. The summed E-state index contributed by atoms with van der Waals surface area (Å²) in [6.07, 6.45) is 0.654. The zero-order chi connectivity index (χ0) is 10.3. The number of hydrogen-bond donors (Lipinski definition) is 3. The first-order valence-electron chi connectivity index (χ1n) is 3.30. The largest absolute Gasteiger partial charge is 0.481 e. The van der Waals surface area contributed by atoms with Crippen molar-refractivity contribution < 1.29 is 25.0 Å². The number of nitrogens with zero attached hydrogens (tertiary/aromatic N) is 1. The van der Waals surface area contributed by atoms with E-state index < -0.39 is 23.6 Å². The molecule has 1 atom stereocenters. The number of carboxylic acid groups (broad SMARTS) is 2. The Balaban J connectivity index is 3.95. The smallest absolute Gasteiger partial charge is 0.317 e. The molecule has 0 unspecified atom stereocenters. The van der Waals surface area contributed by atoms with Crippen molar-refractivity contribution in [1.29, 1.82) is 0 Å². The van der Waals surface area contributed by atoms with Crippen LogP contribution >= 0.6 is 11.8 Å². The van der Waals surface area contributed by atoms with E-state index in [1.807, 2.05) is 0 Å². The number of carboxylic acids is 2. The average Bonchev–Trinajstić information content (AvgIpc) is 2.02. The van der Waals surface area contributed by atoms with Gasteiger partial charge in [0.1, 0.15) is 5.25 Å². The molecule has 0 bridgehead atoms. The second-order valence-corrected chi connectivity index (χ2v) is 3.29. The normalized spacial score (nSPS) is 12.9. The Morgan fingerprint density at radius 1 is 1.46 bits per heavy atom. The van der Waals surface area contributed by atoms with Crippen molar-refractivity contribution in [3.8, 4) is 0 Å². The highest BCUT2D eigenvalue weighted by Gasteiger charge is 2.20. The van der Waals surface area contributed by atoms with E-state index in [0.29, 0.717) is 0 Å². The number of oxime groups is 1. The summed E-state index contributed by atoms with van der Waals surface area (Å²) in [4.78, 5) is 20.6. The molecule has 74 valence electrons. The molecular weight excluding hydrogens is 198 g/mol. The van der Waals surface area contributed by atoms with Crippen molar-refractivity contribution in [1.82, 2.24) is 0 Å². The molecular formula is C6H9NO5S. The molecule has 0 saturated carbocycles. The molecule has 13 heavy (non-hydrogen) atoms. The van der Waals surface area contributed by atoms with Crippen LogP contribution in [0.4, 0.5) is 0 Å². The molecule has 0 amide bonds. The minimum atomic E-state index is -1.18. The quantitative estimate of drug-likeness (QED) is 0.324. The molecule has 0 aliphatic carbocycles. The molecule has 0 aliphatic rings. The maximum Gasteiger partial charge on any atom is 0.317 e. The summed E-state index contributed by atoms with van der Waals surface area (Å²) in [5.74, 6) is -2.18. The second-order valence-electron chi connectivity index (χ2n) is 2.06. The first kappa shape index (κ1) is 11.8. The van der Waals surface area contributed by atoms with Gasteiger partial charge in [0.15, 0.2) is 0 Å². The van der Waals surface area contributed by atoms with Gasteiger partial charge in [-0.1, -0.05) is 0 Å². The summed E-state index contributed by atoms with van der Waals surface area (Å²) < 4.78 is 0. The van der Waals surface area contributed by atoms with Gasteiger partial charge in [-0.2, -0.15) is 0 Å². The lowest BCUT2D eigenvalue weighted by molar-refractivity contribution is -0.142. The molecule has 0 aliphatic heterocycles. The van der Waals surface area contributed by atoms with Crippen LogP contribution in [0.1, 0.15) is 6.42 Å². The summed E-state index contributed by atoms with van der Waals surface area (Å²) in [6, 6.07) is 0. The van der Waals surface area contributed by atoms with E-state index in [-0.39, 0.29) is 5.75 Å². The fourth-order valence-electron chi connectivity index (χ4n) is 0.569. The number of hydrogen-bond acceptors (Lipinski definition) is 5. The predicted octanol–water partition coefficient (Wildman–Crippen LogP) is 0.107. The van der Waals surface area contributed by atoms with Crippen molar-refractivity contribution >= 4 is 29.9 Å². The Labute approximate surface area is 78.2 Å². The van der Waals surface area contributed by atoms with Gasteiger partial charge in [-0.15, -0.1) is 16.9 Å². The van der Waals surface area contributed by atoms with Gasteiger partial charge in [0.25, 0.3) is 0 Å². The SMILES string of the molecule is O=C(O)C[C@@H](SC/C=N/O)C(=O)O. The van der Waals surface area contributed by atoms with Crippen molar-refractivity contribution in [2.24, 2.45) is 5.16 Å². The Bertz CT molecular complexity index is 217. The van der Waals surface area contributed by atoms with Gasteiger partial charge in [0.05, 0.1) is 12.6 Å². The molecule has 6 nitrogen and oxygen atoms in total. The summed E-state index contributed by atoms with van der Waals surface area (Å²) in [5.41, 5.74) is 0. The monoisotopic (exact) mass is 207 g/mol. The van der Waals surface area contributed by atoms with Crippen LogP contribution in [-0.4, -0.2) is 44.6 Å². The summed E-state index contributed by atoms with van der Waals surface area (Å²) in [6.45, 7) is 0. The minimum Gasteiger partial charge on any atom is -0.481 e. The first-order valence-corrected chi connectivity index (χ1v) is 4.35. The zero-order valence-corrected chi connectivity index (χ0v) is 7.40. The topological polar surface area (TPSA) is 107 Å². The third kappa shape index (κ3) is 5.97. The fraction of sp³-hybridized carbons (Fsp3) is 0.500. The van der Waals surface area contributed by atoms with Crippen LogP contribution in [0, 0.1) is 0 Å². The molecule has 0 spiro atoms. The van der Waals surface area contributed by atoms with Crippen molar-refractivity contribution in [2.75, 3.05) is 5.75 Å². The van der Waals surface area contributed by atoms with Crippen LogP contribution in [0.25, 0.3) is 0 Å². The standard InChI is InChI=1S/C6H9NO5S/c8-5(9)3-4(6(10)11)13-2-1-7-12/h1,4,12H,2-3H2,(H,8,9)(H,10,11)/b7-1+/t4-/m1/s1. The second kappa shape index (κ2) is 6.30. The Morgan fingerprint density at radius 3 is 2.46 bits per heavy atom. The highest BCUT2D eigenvalue weighted by Crippen LogP contribution is 2.13. The maximum atomic E-state index is 10.4. The highest BCUT2D eigenvalue weighted by atomic mass is 32.2. The van der Waals surface area contributed by atoms with E-state index in [4.69, 9.17) is 15.4 Å². The van der Waals surface area contributed by atoms with E-state index in [0.717, 1.165) is 18.0 Å². The van der Waals surface area contributed by atoms with Gasteiger partial charge in [0, 0.05) is 5.75 Å². The fourth-order valence-corrected chi connectivity index (χ4v) is 1.36. The molecule has 0 heterocycles. The number of rotatable bonds is 6. The van der Waals surface area contributed by atoms with Gasteiger partial charge in [-0.3, -0.25) is 9.59 Å². The van der Waals surface area contributed by atoms with E-state index >= 15 is 0 Å². The zero-order valence-electron chi connectivity index (χ0n) is 6.58. The maximum absolute atomic E-state index is 10.4. The van der Waals surface area contributed by atoms with Gasteiger partial charge in [-0.05, 0) is 0 Å². The van der Waals surface area contributed by atoms with Gasteiger partial charge in [-0.25, -0.2) is 0 Å². The van der Waals surface area contributed by atoms with Gasteiger partial charge < -0.3 is 15.4 Å². The predicted molar refractivity (Wildman–Crippen MR) is 46.4 cm³/mol. The van der Waals surface area contributed by atoms with Crippen LogP contribution in [0.5, 0.6) is 0 Å². The van der Waals surface area contributed by atoms with E-state index in [9.17, 15) is 9.59 Å². The Hall–Kier alpha value is -1.24. The Kier molecular flexibility index (Phi) is 5.69. The number of carbonyl (C=O) groups is 2. The highest BCUT2D eigenvalue weighted by molar-refractivity contribution is 8.01. The van der Waals surface area contributed by atoms with Crippen molar-refractivity contribution in [3.05, 3.63) is 0 Å².